The molecule has 186 valence electrons. The molecule has 35 heavy (non-hydrogen) atoms. The molecule has 5 nitrogen and oxygen atoms in total. The lowest BCUT2D eigenvalue weighted by molar-refractivity contribution is -0.0279. The van der Waals surface area contributed by atoms with E-state index in [2.05, 4.69) is 52.6 Å². The number of rotatable bonds is 6. The minimum atomic E-state index is -0.759. The molecule has 3 aliphatic rings. The Labute approximate surface area is 210 Å². The number of ether oxygens (including phenoxy) is 1. The zero-order valence-corrected chi connectivity index (χ0v) is 21.1. The normalized spacial score (nSPS) is 23.0. The van der Waals surface area contributed by atoms with Gasteiger partial charge in [-0.25, -0.2) is 0 Å². The smallest absolute Gasteiger partial charge is 0.123 e. The lowest BCUT2D eigenvalue weighted by Crippen LogP contribution is -2.42. The summed E-state index contributed by atoms with van der Waals surface area (Å²) in [5, 5.41) is 11.1. The molecule has 1 aromatic heterocycles. The fourth-order valence-electron chi connectivity index (χ4n) is 5.77. The van der Waals surface area contributed by atoms with Gasteiger partial charge in [0.2, 0.25) is 0 Å². The van der Waals surface area contributed by atoms with E-state index in [4.69, 9.17) is 4.74 Å². The van der Waals surface area contributed by atoms with Crippen molar-refractivity contribution in [1.29, 1.82) is 0 Å². The summed E-state index contributed by atoms with van der Waals surface area (Å²) < 4.78 is 6.11. The summed E-state index contributed by atoms with van der Waals surface area (Å²) >= 11 is 0. The molecule has 0 amide bonds. The van der Waals surface area contributed by atoms with Gasteiger partial charge in [0.15, 0.2) is 0 Å². The number of nitrogens with zero attached hydrogens (tertiary/aromatic N) is 3. The molecule has 0 saturated carbocycles. The molecule has 2 aromatic rings. The third-order valence-electron chi connectivity index (χ3n) is 8.10. The van der Waals surface area contributed by atoms with E-state index >= 15 is 0 Å². The molecule has 3 heterocycles. The molecule has 1 atom stereocenters. The van der Waals surface area contributed by atoms with Gasteiger partial charge < -0.3 is 9.84 Å². The van der Waals surface area contributed by atoms with Crippen LogP contribution < -0.4 is 4.74 Å². The number of allylic oxidation sites excluding steroid dienone is 2. The second kappa shape index (κ2) is 10.7. The highest BCUT2D eigenvalue weighted by molar-refractivity contribution is 5.38. The van der Waals surface area contributed by atoms with Crippen molar-refractivity contribution >= 4 is 0 Å². The first-order valence-corrected chi connectivity index (χ1v) is 13.1. The predicted molar refractivity (Wildman–Crippen MR) is 140 cm³/mol. The maximum absolute atomic E-state index is 11.1. The van der Waals surface area contributed by atoms with Gasteiger partial charge in [-0.2, -0.15) is 0 Å². The van der Waals surface area contributed by atoms with Gasteiger partial charge in [-0.3, -0.25) is 14.8 Å². The Hall–Kier alpha value is -2.47. The zero-order valence-electron chi connectivity index (χ0n) is 21.1. The molecule has 1 aromatic carbocycles. The minimum Gasteiger partial charge on any atom is -0.492 e. The largest absolute Gasteiger partial charge is 0.492 e. The van der Waals surface area contributed by atoms with Crippen molar-refractivity contribution in [3.63, 3.8) is 0 Å². The van der Waals surface area contributed by atoms with Crippen LogP contribution in [0.25, 0.3) is 0 Å². The van der Waals surface area contributed by atoms with E-state index in [0.29, 0.717) is 5.92 Å². The van der Waals surface area contributed by atoms with Gasteiger partial charge in [-0.05, 0) is 68.7 Å². The summed E-state index contributed by atoms with van der Waals surface area (Å²) in [6, 6.07) is 10.6. The third-order valence-corrected chi connectivity index (χ3v) is 8.10. The fourth-order valence-corrected chi connectivity index (χ4v) is 5.77. The topological polar surface area (TPSA) is 48.8 Å². The molecule has 5 heteroatoms. The van der Waals surface area contributed by atoms with Crippen LogP contribution in [0.4, 0.5) is 0 Å². The maximum atomic E-state index is 11.1. The first-order valence-electron chi connectivity index (χ1n) is 13.1. The number of likely N-dealkylation sites (tertiary alicyclic amines) is 1. The van der Waals surface area contributed by atoms with Crippen LogP contribution in [0.5, 0.6) is 5.75 Å². The number of hydrogen-bond donors (Lipinski definition) is 1. The van der Waals surface area contributed by atoms with Gasteiger partial charge in [0.05, 0.1) is 5.60 Å². The molecule has 1 fully saturated rings. The SMILES string of the molecule is C=C(C)[C@@H]1CC=C(CN2CCOc3ccc(CN4CCC(O)(c5cccnc5)CC4)cc3C2)CC1. The van der Waals surface area contributed by atoms with E-state index in [0.717, 1.165) is 76.5 Å². The highest BCUT2D eigenvalue weighted by Crippen LogP contribution is 2.34. The molecule has 2 aliphatic heterocycles. The maximum Gasteiger partial charge on any atom is 0.123 e. The van der Waals surface area contributed by atoms with E-state index < -0.39 is 5.60 Å². The van der Waals surface area contributed by atoms with Crippen molar-refractivity contribution in [3.05, 3.63) is 83.2 Å². The van der Waals surface area contributed by atoms with E-state index in [1.807, 2.05) is 12.1 Å². The van der Waals surface area contributed by atoms with Crippen molar-refractivity contribution in [2.45, 2.75) is 57.7 Å². The minimum absolute atomic E-state index is 0.657. The first-order chi connectivity index (χ1) is 17.0. The van der Waals surface area contributed by atoms with Crippen LogP contribution in [0.1, 0.15) is 55.7 Å². The number of aromatic nitrogens is 1. The highest BCUT2D eigenvalue weighted by Gasteiger charge is 2.34. The Bertz CT molecular complexity index is 1060. The standard InChI is InChI=1S/C30H39N3O2/c1-23(2)26-8-5-24(6-9-26)20-33-16-17-35-29-10-7-25(18-27(29)22-33)21-32-14-11-30(34,12-15-32)28-4-3-13-31-19-28/h3-5,7,10,13,18-19,26,34H,1,6,8-9,11-12,14-17,20-22H2,2H3/t26-/m1/s1. The molecular weight excluding hydrogens is 434 g/mol. The summed E-state index contributed by atoms with van der Waals surface area (Å²) in [6.45, 7) is 12.7. The summed E-state index contributed by atoms with van der Waals surface area (Å²) in [7, 11) is 0. The second-order valence-electron chi connectivity index (χ2n) is 10.7. The van der Waals surface area contributed by atoms with Crippen LogP contribution >= 0.6 is 0 Å². The van der Waals surface area contributed by atoms with Gasteiger partial charge in [0.1, 0.15) is 12.4 Å². The quantitative estimate of drug-likeness (QED) is 0.594. The Morgan fingerprint density at radius 1 is 1.17 bits per heavy atom. The van der Waals surface area contributed by atoms with Crippen molar-refractivity contribution in [1.82, 2.24) is 14.8 Å². The average Bonchev–Trinajstić information content (AvgIpc) is 3.07. The number of pyridine rings is 1. The lowest BCUT2D eigenvalue weighted by atomic mass is 9.85. The molecule has 0 unspecified atom stereocenters. The number of aliphatic hydroxyl groups is 1. The predicted octanol–water partition coefficient (Wildman–Crippen LogP) is 5.06. The van der Waals surface area contributed by atoms with Crippen molar-refractivity contribution in [3.8, 4) is 5.75 Å². The van der Waals surface area contributed by atoms with E-state index in [-0.39, 0.29) is 0 Å². The number of benzene rings is 1. The zero-order chi connectivity index (χ0) is 24.3. The van der Waals surface area contributed by atoms with Crippen molar-refractivity contribution < 1.29 is 9.84 Å². The monoisotopic (exact) mass is 473 g/mol. The van der Waals surface area contributed by atoms with Crippen molar-refractivity contribution in [2.75, 3.05) is 32.8 Å². The molecule has 1 N–H and O–H groups in total. The molecule has 0 bridgehead atoms. The molecule has 5 rings (SSSR count). The van der Waals surface area contributed by atoms with E-state index in [1.54, 1.807) is 18.0 Å². The van der Waals surface area contributed by atoms with Gasteiger partial charge in [-0.15, -0.1) is 0 Å². The average molecular weight is 474 g/mol. The van der Waals surface area contributed by atoms with Gasteiger partial charge in [0, 0.05) is 62.8 Å². The van der Waals surface area contributed by atoms with Crippen LogP contribution in [0.2, 0.25) is 0 Å². The highest BCUT2D eigenvalue weighted by atomic mass is 16.5. The summed E-state index contributed by atoms with van der Waals surface area (Å²) in [5.41, 5.74) is 5.68. The molecular formula is C30H39N3O2. The van der Waals surface area contributed by atoms with E-state index in [1.165, 1.54) is 29.5 Å². The number of hydrogen-bond acceptors (Lipinski definition) is 5. The van der Waals surface area contributed by atoms with E-state index in [9.17, 15) is 5.11 Å². The Morgan fingerprint density at radius 2 is 2.03 bits per heavy atom. The Balaban J connectivity index is 1.19. The van der Waals surface area contributed by atoms with Crippen LogP contribution in [-0.2, 0) is 18.7 Å². The van der Waals surface area contributed by atoms with Crippen LogP contribution in [0.3, 0.4) is 0 Å². The number of fused-ring (bicyclic) bond motifs is 1. The van der Waals surface area contributed by atoms with Crippen molar-refractivity contribution in [2.24, 2.45) is 5.92 Å². The van der Waals surface area contributed by atoms with Crippen LogP contribution in [-0.4, -0.2) is 52.7 Å². The fraction of sp³-hybridized carbons (Fsp3) is 0.500. The van der Waals surface area contributed by atoms with Crippen LogP contribution in [0.15, 0.2) is 66.5 Å². The molecule has 0 spiro atoms. The first kappa shape index (κ1) is 24.2. The molecule has 1 aliphatic carbocycles. The van der Waals surface area contributed by atoms with Gasteiger partial charge in [-0.1, -0.05) is 35.9 Å². The Kier molecular flexibility index (Phi) is 7.37. The summed E-state index contributed by atoms with van der Waals surface area (Å²) in [6.07, 6.45) is 11.0. The van der Waals surface area contributed by atoms with Gasteiger partial charge >= 0.3 is 0 Å². The third kappa shape index (κ3) is 5.85. The molecule has 1 saturated heterocycles. The second-order valence-corrected chi connectivity index (χ2v) is 10.7. The molecule has 0 radical (unpaired) electrons. The summed E-state index contributed by atoms with van der Waals surface area (Å²) in [4.78, 5) is 9.19. The number of piperidine rings is 1. The van der Waals surface area contributed by atoms with Crippen LogP contribution in [0, 0.1) is 5.92 Å². The van der Waals surface area contributed by atoms with Gasteiger partial charge in [0.25, 0.3) is 0 Å². The summed E-state index contributed by atoms with van der Waals surface area (Å²) in [5.74, 6) is 1.69. The Morgan fingerprint density at radius 3 is 2.74 bits per heavy atom. The lowest BCUT2D eigenvalue weighted by Gasteiger charge is -2.38.